The smallest absolute Gasteiger partial charge is 0.252 e. The molecule has 4 heteroatoms. The highest BCUT2D eigenvalue weighted by Crippen LogP contribution is 2.67. The molecule has 0 bridgehead atoms. The van der Waals surface area contributed by atoms with Crippen molar-refractivity contribution in [2.75, 3.05) is 14.7 Å². The fraction of sp³-hybridized carbons (Fsp3) is 0.508. The lowest BCUT2D eigenvalue weighted by molar-refractivity contribution is 0.194. The van der Waals surface area contributed by atoms with Crippen LogP contribution < -0.4 is 25.6 Å². The maximum atomic E-state index is 2.99. The first-order valence-electron chi connectivity index (χ1n) is 27.1. The summed E-state index contributed by atoms with van der Waals surface area (Å²) in [7, 11) is 0. The summed E-state index contributed by atoms with van der Waals surface area (Å²) in [5, 5.41) is 0. The third kappa shape index (κ3) is 5.64. The van der Waals surface area contributed by atoms with Crippen molar-refractivity contribution in [3.8, 4) is 0 Å². The van der Waals surface area contributed by atoms with Gasteiger partial charge in [0.25, 0.3) is 6.71 Å². The number of hydrogen-bond donors (Lipinski definition) is 0. The fourth-order valence-electron chi connectivity index (χ4n) is 16.0. The highest BCUT2D eigenvalue weighted by atomic mass is 15.3. The standard InChI is InChI=1S/C65H80BN3/c1-39-32-42(59(6,7)8)33-40(2)55(39)67-51-37-44(68-50-27-26-41(58(3,4)5)34-47(50)62(14)28-20-22-30-64(62,68)16)38-52-54(51)66(53-45-24-18-19-25-46(45)61(12,13)57(53)67)49-36-43(60(9,10)11)35-48-56(49)69(52)65(17)31-23-21-29-63(48,65)15/h18-19,24-27,32-38H,20-23,28-31H2,1-17H3. The van der Waals surface area contributed by atoms with E-state index in [0.717, 1.165) is 0 Å². The van der Waals surface area contributed by atoms with Crippen LogP contribution in [0.25, 0.3) is 5.47 Å². The first-order valence-corrected chi connectivity index (χ1v) is 27.1. The Morgan fingerprint density at radius 2 is 1.03 bits per heavy atom. The van der Waals surface area contributed by atoms with Crippen LogP contribution in [0.5, 0.6) is 0 Å². The molecular formula is C65H80BN3. The summed E-state index contributed by atoms with van der Waals surface area (Å²) in [4.78, 5) is 8.74. The Hall–Kier alpha value is -4.70. The minimum atomic E-state index is -0.257. The van der Waals surface area contributed by atoms with Crippen LogP contribution in [0, 0.1) is 13.8 Å². The van der Waals surface area contributed by atoms with Crippen molar-refractivity contribution in [1.29, 1.82) is 0 Å². The zero-order valence-corrected chi connectivity index (χ0v) is 45.6. The van der Waals surface area contributed by atoms with Crippen molar-refractivity contribution in [3.63, 3.8) is 0 Å². The number of aryl methyl sites for hydroxylation is 2. The highest BCUT2D eigenvalue weighted by Gasteiger charge is 2.64. The molecule has 2 saturated carbocycles. The van der Waals surface area contributed by atoms with Crippen LogP contribution in [0.4, 0.5) is 34.1 Å². The molecule has 69 heavy (non-hydrogen) atoms. The topological polar surface area (TPSA) is 9.72 Å². The van der Waals surface area contributed by atoms with E-state index in [0.29, 0.717) is 0 Å². The van der Waals surface area contributed by atoms with Crippen LogP contribution >= 0.6 is 0 Å². The second kappa shape index (κ2) is 13.8. The summed E-state index contributed by atoms with van der Waals surface area (Å²) in [6, 6.07) is 33.0. The second-order valence-corrected chi connectivity index (χ2v) is 27.8. The van der Waals surface area contributed by atoms with Crippen molar-refractivity contribution in [1.82, 2.24) is 0 Å². The normalized spacial score (nSPS) is 27.2. The SMILES string of the molecule is Cc1cc(C(C)(C)C)cc(C)c1N1C2=C(B3c4cc(C(C)(C)C)cc5c4N(c4cc(N6c7ccc(C(C)(C)C)cc7C7(C)CCCCC67C)cc1c43)C1(C)CCCCC51C)c1ccccc1C2(C)C. The van der Waals surface area contributed by atoms with Crippen LogP contribution in [0.2, 0.25) is 0 Å². The number of nitrogens with zero attached hydrogens (tertiary/aromatic N) is 3. The molecule has 7 aliphatic rings. The van der Waals surface area contributed by atoms with E-state index in [1.165, 1.54) is 147 Å². The molecule has 0 N–H and O–H groups in total. The van der Waals surface area contributed by atoms with Crippen LogP contribution in [-0.4, -0.2) is 17.8 Å². The summed E-state index contributed by atoms with van der Waals surface area (Å²) in [5.41, 5.74) is 27.2. The molecule has 12 rings (SSSR count). The number of anilines is 6. The minimum Gasteiger partial charge on any atom is -0.335 e. The first-order chi connectivity index (χ1) is 32.2. The van der Waals surface area contributed by atoms with Gasteiger partial charge in [0.1, 0.15) is 0 Å². The molecule has 0 spiro atoms. The Balaban J connectivity index is 1.25. The lowest BCUT2D eigenvalue weighted by atomic mass is 9.32. The summed E-state index contributed by atoms with van der Waals surface area (Å²) < 4.78 is 0. The largest absolute Gasteiger partial charge is 0.335 e. The van der Waals surface area contributed by atoms with E-state index < -0.39 is 0 Å². The maximum Gasteiger partial charge on any atom is 0.252 e. The van der Waals surface area contributed by atoms with E-state index in [1.54, 1.807) is 11.1 Å². The van der Waals surface area contributed by atoms with Crippen molar-refractivity contribution >= 4 is 57.2 Å². The molecule has 3 aliphatic carbocycles. The third-order valence-electron chi connectivity index (χ3n) is 20.4. The molecule has 0 amide bonds. The zero-order valence-electron chi connectivity index (χ0n) is 45.6. The molecule has 4 heterocycles. The number of benzene rings is 5. The Labute approximate surface area is 417 Å². The molecule has 5 aromatic carbocycles. The average Bonchev–Trinajstić information content (AvgIpc) is 3.73. The molecule has 2 fully saturated rings. The van der Waals surface area contributed by atoms with Crippen LogP contribution in [0.3, 0.4) is 0 Å². The number of hydrogen-bond acceptors (Lipinski definition) is 3. The van der Waals surface area contributed by atoms with Gasteiger partial charge in [0.15, 0.2) is 0 Å². The van der Waals surface area contributed by atoms with Crippen molar-refractivity contribution in [2.24, 2.45) is 0 Å². The molecule has 358 valence electrons. The van der Waals surface area contributed by atoms with Crippen molar-refractivity contribution in [2.45, 2.75) is 213 Å². The van der Waals surface area contributed by atoms with E-state index in [1.807, 2.05) is 0 Å². The van der Waals surface area contributed by atoms with Crippen LogP contribution in [0.1, 0.15) is 205 Å². The molecule has 4 aliphatic heterocycles. The van der Waals surface area contributed by atoms with Gasteiger partial charge in [0.05, 0.1) is 16.8 Å². The van der Waals surface area contributed by atoms with E-state index in [2.05, 4.69) is 211 Å². The zero-order chi connectivity index (χ0) is 49.1. The van der Waals surface area contributed by atoms with Gasteiger partial charge in [-0.3, -0.25) is 0 Å². The van der Waals surface area contributed by atoms with Gasteiger partial charge in [-0.1, -0.05) is 176 Å². The molecule has 3 nitrogen and oxygen atoms in total. The Bertz CT molecular complexity index is 3090. The fourth-order valence-corrected chi connectivity index (χ4v) is 16.0. The van der Waals surface area contributed by atoms with Crippen molar-refractivity contribution in [3.05, 3.63) is 135 Å². The molecular weight excluding hydrogens is 834 g/mol. The molecule has 0 aromatic heterocycles. The van der Waals surface area contributed by atoms with E-state index >= 15 is 0 Å². The van der Waals surface area contributed by atoms with Gasteiger partial charge in [-0.15, -0.1) is 0 Å². The maximum absolute atomic E-state index is 2.99. The second-order valence-electron chi connectivity index (χ2n) is 27.8. The summed E-state index contributed by atoms with van der Waals surface area (Å²) >= 11 is 0. The van der Waals surface area contributed by atoms with Gasteiger partial charge in [0, 0.05) is 50.4 Å². The molecule has 0 saturated heterocycles. The summed E-state index contributed by atoms with van der Waals surface area (Å²) in [6.07, 6.45) is 9.86. The third-order valence-corrected chi connectivity index (χ3v) is 20.4. The quantitative estimate of drug-likeness (QED) is 0.163. The average molecular weight is 914 g/mol. The highest BCUT2D eigenvalue weighted by molar-refractivity contribution is 7.03. The monoisotopic (exact) mass is 914 g/mol. The molecule has 4 atom stereocenters. The van der Waals surface area contributed by atoms with E-state index in [4.69, 9.17) is 0 Å². The predicted molar refractivity (Wildman–Crippen MR) is 298 cm³/mol. The number of rotatable bonds is 2. The summed E-state index contributed by atoms with van der Waals surface area (Å²) in [6.45, 7) is 42.2. The van der Waals surface area contributed by atoms with E-state index in [9.17, 15) is 0 Å². The molecule has 5 aromatic rings. The van der Waals surface area contributed by atoms with Gasteiger partial charge in [0.2, 0.25) is 0 Å². The van der Waals surface area contributed by atoms with Gasteiger partial charge in [-0.25, -0.2) is 0 Å². The number of fused-ring (bicyclic) bond motifs is 11. The predicted octanol–water partition coefficient (Wildman–Crippen LogP) is 16.0. The molecule has 4 unspecified atom stereocenters. The summed E-state index contributed by atoms with van der Waals surface area (Å²) in [5.74, 6) is 0. The number of allylic oxidation sites excluding steroid dienone is 1. The lowest BCUT2D eigenvalue weighted by Gasteiger charge is -2.54. The van der Waals surface area contributed by atoms with E-state index in [-0.39, 0.29) is 50.3 Å². The Morgan fingerprint density at radius 3 is 1.65 bits per heavy atom. The van der Waals surface area contributed by atoms with Gasteiger partial charge in [-0.05, 0) is 154 Å². The van der Waals surface area contributed by atoms with Gasteiger partial charge >= 0.3 is 0 Å². The van der Waals surface area contributed by atoms with Gasteiger partial charge in [-0.2, -0.15) is 0 Å². The lowest BCUT2D eigenvalue weighted by Crippen LogP contribution is -2.61. The van der Waals surface area contributed by atoms with Crippen molar-refractivity contribution < 1.29 is 0 Å². The van der Waals surface area contributed by atoms with Crippen LogP contribution in [-0.2, 0) is 32.5 Å². The Kier molecular flexibility index (Phi) is 9.11. The first kappa shape index (κ1) is 45.4. The van der Waals surface area contributed by atoms with Gasteiger partial charge < -0.3 is 14.7 Å². The van der Waals surface area contributed by atoms with Crippen LogP contribution in [0.15, 0.2) is 84.6 Å². The molecule has 0 radical (unpaired) electrons. The minimum absolute atomic E-state index is 0.000769. The Morgan fingerprint density at radius 1 is 0.493 bits per heavy atom.